The number of carbonyl (C=O) groups is 1. The summed E-state index contributed by atoms with van der Waals surface area (Å²) in [7, 11) is 0. The SMILES string of the molecule is CCNC(=O)[C@@H](C)[NH+]1CCC[C@H](c2nc3ccccc3s2)C1. The van der Waals surface area contributed by atoms with E-state index in [2.05, 4.69) is 23.5 Å². The molecule has 118 valence electrons. The number of hydrogen-bond acceptors (Lipinski definition) is 3. The van der Waals surface area contributed by atoms with Crippen LogP contribution in [0, 0.1) is 0 Å². The van der Waals surface area contributed by atoms with E-state index in [1.165, 1.54) is 27.4 Å². The largest absolute Gasteiger partial charge is 0.351 e. The number of carbonyl (C=O) groups excluding carboxylic acids is 1. The predicted molar refractivity (Wildman–Crippen MR) is 90.4 cm³/mol. The fraction of sp³-hybridized carbons (Fsp3) is 0.529. The van der Waals surface area contributed by atoms with Crippen LogP contribution < -0.4 is 10.2 Å². The first-order valence-corrected chi connectivity index (χ1v) is 8.98. The number of aromatic nitrogens is 1. The molecule has 1 aliphatic heterocycles. The van der Waals surface area contributed by atoms with Gasteiger partial charge in [-0.1, -0.05) is 12.1 Å². The Bertz CT molecular complexity index is 621. The molecule has 0 radical (unpaired) electrons. The van der Waals surface area contributed by atoms with Gasteiger partial charge in [-0.25, -0.2) is 4.98 Å². The van der Waals surface area contributed by atoms with Crippen molar-refractivity contribution in [2.45, 2.75) is 38.6 Å². The van der Waals surface area contributed by atoms with E-state index in [9.17, 15) is 4.79 Å². The van der Waals surface area contributed by atoms with Crippen LogP contribution in [0.4, 0.5) is 0 Å². The van der Waals surface area contributed by atoms with Gasteiger partial charge >= 0.3 is 0 Å². The summed E-state index contributed by atoms with van der Waals surface area (Å²) >= 11 is 1.81. The zero-order valence-electron chi connectivity index (χ0n) is 13.3. The van der Waals surface area contributed by atoms with Crippen molar-refractivity contribution in [1.29, 1.82) is 0 Å². The minimum absolute atomic E-state index is 0.0251. The van der Waals surface area contributed by atoms with Crippen molar-refractivity contribution in [3.8, 4) is 0 Å². The summed E-state index contributed by atoms with van der Waals surface area (Å²) in [5.41, 5.74) is 1.10. The number of fused-ring (bicyclic) bond motifs is 1. The highest BCUT2D eigenvalue weighted by molar-refractivity contribution is 7.18. The molecular weight excluding hydrogens is 294 g/mol. The number of quaternary nitrogens is 1. The molecule has 1 aromatic heterocycles. The van der Waals surface area contributed by atoms with E-state index >= 15 is 0 Å². The lowest BCUT2D eigenvalue weighted by Gasteiger charge is -2.32. The van der Waals surface area contributed by atoms with Crippen LogP contribution in [0.25, 0.3) is 10.2 Å². The Hall–Kier alpha value is -1.46. The van der Waals surface area contributed by atoms with E-state index in [-0.39, 0.29) is 11.9 Å². The van der Waals surface area contributed by atoms with Gasteiger partial charge < -0.3 is 10.2 Å². The van der Waals surface area contributed by atoms with Crippen LogP contribution in [-0.4, -0.2) is 36.6 Å². The predicted octanol–water partition coefficient (Wildman–Crippen LogP) is 1.58. The highest BCUT2D eigenvalue weighted by atomic mass is 32.1. The molecule has 1 aromatic carbocycles. The smallest absolute Gasteiger partial charge is 0.278 e. The quantitative estimate of drug-likeness (QED) is 0.899. The van der Waals surface area contributed by atoms with Gasteiger partial charge in [-0.05, 0) is 38.8 Å². The Kier molecular flexibility index (Phi) is 4.74. The molecule has 2 aromatic rings. The fourth-order valence-electron chi connectivity index (χ4n) is 3.28. The maximum Gasteiger partial charge on any atom is 0.278 e. The summed E-state index contributed by atoms with van der Waals surface area (Å²) in [5, 5.41) is 4.18. The third kappa shape index (κ3) is 3.15. The number of likely N-dealkylation sites (N-methyl/N-ethyl adjacent to an activating group) is 1. The lowest BCUT2D eigenvalue weighted by Crippen LogP contribution is -3.17. The minimum atomic E-state index is 0.0251. The second-order valence-corrected chi connectivity index (χ2v) is 7.15. The third-order valence-electron chi connectivity index (χ3n) is 4.58. The van der Waals surface area contributed by atoms with Crippen LogP contribution >= 0.6 is 11.3 Å². The highest BCUT2D eigenvalue weighted by Crippen LogP contribution is 2.30. The molecule has 0 aliphatic carbocycles. The average molecular weight is 318 g/mol. The van der Waals surface area contributed by atoms with Gasteiger partial charge in [-0.15, -0.1) is 11.3 Å². The Morgan fingerprint density at radius 1 is 1.50 bits per heavy atom. The van der Waals surface area contributed by atoms with Crippen molar-refractivity contribution in [2.75, 3.05) is 19.6 Å². The maximum absolute atomic E-state index is 12.1. The number of benzene rings is 1. The molecule has 0 saturated carbocycles. The van der Waals surface area contributed by atoms with Gasteiger partial charge in [0.2, 0.25) is 0 Å². The van der Waals surface area contributed by atoms with Gasteiger partial charge in [-0.2, -0.15) is 0 Å². The molecule has 4 nitrogen and oxygen atoms in total. The van der Waals surface area contributed by atoms with Gasteiger partial charge in [0.25, 0.3) is 5.91 Å². The van der Waals surface area contributed by atoms with E-state index in [4.69, 9.17) is 4.98 Å². The number of likely N-dealkylation sites (tertiary alicyclic amines) is 1. The Labute approximate surface area is 135 Å². The van der Waals surface area contributed by atoms with Crippen molar-refractivity contribution in [3.63, 3.8) is 0 Å². The average Bonchev–Trinajstić information content (AvgIpc) is 2.98. The van der Waals surface area contributed by atoms with Crippen LogP contribution in [-0.2, 0) is 4.79 Å². The Morgan fingerprint density at radius 2 is 2.32 bits per heavy atom. The molecule has 1 aliphatic rings. The number of amides is 1. The number of nitrogens with zero attached hydrogens (tertiary/aromatic N) is 1. The summed E-state index contributed by atoms with van der Waals surface area (Å²) in [5.74, 6) is 0.653. The van der Waals surface area contributed by atoms with Gasteiger partial charge in [0, 0.05) is 6.54 Å². The van der Waals surface area contributed by atoms with Gasteiger partial charge in [0.1, 0.15) is 5.01 Å². The molecule has 1 saturated heterocycles. The van der Waals surface area contributed by atoms with Crippen molar-refractivity contribution in [2.24, 2.45) is 0 Å². The first-order valence-electron chi connectivity index (χ1n) is 8.16. The van der Waals surface area contributed by atoms with E-state index in [0.717, 1.165) is 18.6 Å². The van der Waals surface area contributed by atoms with E-state index in [1.54, 1.807) is 0 Å². The standard InChI is InChI=1S/C17H23N3OS/c1-3-18-16(21)12(2)20-10-6-7-13(11-20)17-19-14-8-4-5-9-15(14)22-17/h4-5,8-9,12-13H,3,6-7,10-11H2,1-2H3,(H,18,21)/p+1/t12-,13+/m1/s1. The molecular formula is C17H24N3OS+. The van der Waals surface area contributed by atoms with Gasteiger partial charge in [0.05, 0.1) is 29.2 Å². The summed E-state index contributed by atoms with van der Waals surface area (Å²) in [6.07, 6.45) is 2.35. The third-order valence-corrected chi connectivity index (χ3v) is 5.77. The first kappa shape index (κ1) is 15.4. The van der Waals surface area contributed by atoms with Gasteiger partial charge in [0.15, 0.2) is 6.04 Å². The molecule has 0 spiro atoms. The topological polar surface area (TPSA) is 46.4 Å². The molecule has 0 bridgehead atoms. The maximum atomic E-state index is 12.1. The van der Waals surface area contributed by atoms with Crippen molar-refractivity contribution in [1.82, 2.24) is 10.3 Å². The first-order chi connectivity index (χ1) is 10.7. The summed E-state index contributed by atoms with van der Waals surface area (Å²) in [6, 6.07) is 8.36. The minimum Gasteiger partial charge on any atom is -0.351 e. The summed E-state index contributed by atoms with van der Waals surface area (Å²) < 4.78 is 1.27. The summed E-state index contributed by atoms with van der Waals surface area (Å²) in [4.78, 5) is 18.3. The van der Waals surface area contributed by atoms with E-state index < -0.39 is 0 Å². The number of rotatable bonds is 4. The Balaban J connectivity index is 1.73. The molecule has 3 rings (SSSR count). The van der Waals surface area contributed by atoms with Gasteiger partial charge in [-0.3, -0.25) is 4.79 Å². The van der Waals surface area contributed by atoms with Crippen molar-refractivity contribution >= 4 is 27.5 Å². The molecule has 2 N–H and O–H groups in total. The van der Waals surface area contributed by atoms with Crippen LogP contribution in [0.3, 0.4) is 0 Å². The van der Waals surface area contributed by atoms with E-state index in [0.29, 0.717) is 12.5 Å². The second-order valence-electron chi connectivity index (χ2n) is 6.09. The highest BCUT2D eigenvalue weighted by Gasteiger charge is 2.32. The molecule has 5 heteroatoms. The summed E-state index contributed by atoms with van der Waals surface area (Å²) in [6.45, 7) is 6.82. The van der Waals surface area contributed by atoms with Crippen LogP contribution in [0.2, 0.25) is 0 Å². The number of para-hydroxylation sites is 1. The molecule has 1 amide bonds. The second kappa shape index (κ2) is 6.75. The van der Waals surface area contributed by atoms with Crippen LogP contribution in [0.1, 0.15) is 37.6 Å². The monoisotopic (exact) mass is 318 g/mol. The van der Waals surface area contributed by atoms with Crippen molar-refractivity contribution in [3.05, 3.63) is 29.3 Å². The normalized spacial score (nSPS) is 23.4. The number of thiazole rings is 1. The molecule has 1 fully saturated rings. The van der Waals surface area contributed by atoms with E-state index in [1.807, 2.05) is 31.3 Å². The molecule has 3 atom stereocenters. The zero-order chi connectivity index (χ0) is 15.5. The Morgan fingerprint density at radius 3 is 3.09 bits per heavy atom. The number of nitrogens with one attached hydrogen (secondary N) is 2. The zero-order valence-corrected chi connectivity index (χ0v) is 14.1. The van der Waals surface area contributed by atoms with Crippen molar-refractivity contribution < 1.29 is 9.69 Å². The molecule has 1 unspecified atom stereocenters. The van der Waals surface area contributed by atoms with Crippen LogP contribution in [0.5, 0.6) is 0 Å². The lowest BCUT2D eigenvalue weighted by molar-refractivity contribution is -0.920. The van der Waals surface area contributed by atoms with Crippen LogP contribution in [0.15, 0.2) is 24.3 Å². The number of hydrogen-bond donors (Lipinski definition) is 2. The molecule has 2 heterocycles. The fourth-order valence-corrected chi connectivity index (χ4v) is 4.38. The molecule has 22 heavy (non-hydrogen) atoms. The number of piperidine rings is 1. The lowest BCUT2D eigenvalue weighted by atomic mass is 9.97.